The zero-order valence-electron chi connectivity index (χ0n) is 8.60. The number of carbonyl (C=O) groups is 2. The lowest BCUT2D eigenvalue weighted by molar-refractivity contribution is 0.200. The van der Waals surface area contributed by atoms with E-state index in [9.17, 15) is 9.59 Å². The summed E-state index contributed by atoms with van der Waals surface area (Å²) in [5, 5.41) is 4.79. The summed E-state index contributed by atoms with van der Waals surface area (Å²) in [4.78, 5) is 21.5. The molecule has 0 atom stereocenters. The van der Waals surface area contributed by atoms with E-state index in [-0.39, 0.29) is 13.1 Å². The first-order chi connectivity index (χ1) is 7.68. The van der Waals surface area contributed by atoms with Crippen molar-refractivity contribution in [2.45, 2.75) is 0 Å². The van der Waals surface area contributed by atoms with Crippen LogP contribution in [0.25, 0.3) is 0 Å². The van der Waals surface area contributed by atoms with Crippen molar-refractivity contribution >= 4 is 12.1 Å². The third-order valence-electron chi connectivity index (χ3n) is 1.65. The van der Waals surface area contributed by atoms with Crippen molar-refractivity contribution in [2.75, 3.05) is 13.1 Å². The van der Waals surface area contributed by atoms with Gasteiger partial charge in [-0.1, -0.05) is 18.2 Å². The van der Waals surface area contributed by atoms with Gasteiger partial charge in [0.15, 0.2) is 0 Å². The number of rotatable bonds is 4. The van der Waals surface area contributed by atoms with Gasteiger partial charge in [-0.3, -0.25) is 0 Å². The van der Waals surface area contributed by atoms with Crippen LogP contribution in [0.3, 0.4) is 0 Å². The average Bonchev–Trinajstić information content (AvgIpc) is 2.25. The number of benzene rings is 1. The van der Waals surface area contributed by atoms with E-state index in [1.165, 1.54) is 0 Å². The molecule has 1 aromatic carbocycles. The summed E-state index contributed by atoms with van der Waals surface area (Å²) in [5.74, 6) is 0.461. The number of nitrogens with one attached hydrogen (secondary N) is 2. The minimum atomic E-state index is -0.627. The predicted molar refractivity (Wildman–Crippen MR) is 58.1 cm³/mol. The van der Waals surface area contributed by atoms with Crippen LogP contribution in [0.15, 0.2) is 30.3 Å². The molecule has 0 bridgehead atoms. The van der Waals surface area contributed by atoms with Crippen LogP contribution in [-0.4, -0.2) is 25.2 Å². The topological polar surface area (TPSA) is 93.5 Å². The molecule has 3 amide bonds. The van der Waals surface area contributed by atoms with E-state index in [1.807, 2.05) is 6.07 Å². The Hall–Kier alpha value is -2.24. The normalized spacial score (nSPS) is 9.25. The number of hydrogen-bond acceptors (Lipinski definition) is 3. The molecule has 16 heavy (non-hydrogen) atoms. The summed E-state index contributed by atoms with van der Waals surface area (Å²) in [6.07, 6.45) is -0.572. The molecule has 0 unspecified atom stereocenters. The smallest absolute Gasteiger partial charge is 0.410 e. The molecule has 6 nitrogen and oxygen atoms in total. The van der Waals surface area contributed by atoms with Crippen molar-refractivity contribution < 1.29 is 14.3 Å². The Morgan fingerprint density at radius 3 is 2.38 bits per heavy atom. The molecule has 4 N–H and O–H groups in total. The number of amides is 3. The number of para-hydroxylation sites is 1. The predicted octanol–water partition coefficient (Wildman–Crippen LogP) is 0.443. The molecule has 0 aliphatic heterocycles. The number of ether oxygens (including phenoxy) is 1. The van der Waals surface area contributed by atoms with E-state index in [0.717, 1.165) is 0 Å². The van der Waals surface area contributed by atoms with Crippen LogP contribution in [0.5, 0.6) is 5.75 Å². The van der Waals surface area contributed by atoms with Gasteiger partial charge in [0.1, 0.15) is 5.75 Å². The minimum absolute atomic E-state index is 0.259. The summed E-state index contributed by atoms with van der Waals surface area (Å²) in [6, 6.07) is 8.05. The van der Waals surface area contributed by atoms with Crippen molar-refractivity contribution in [3.63, 3.8) is 0 Å². The fourth-order valence-electron chi connectivity index (χ4n) is 0.982. The van der Waals surface area contributed by atoms with Crippen molar-refractivity contribution in [2.24, 2.45) is 5.73 Å². The van der Waals surface area contributed by atoms with Crippen LogP contribution in [0.2, 0.25) is 0 Å². The first kappa shape index (κ1) is 11.8. The number of urea groups is 1. The Bertz CT molecular complexity index is 354. The second-order valence-electron chi connectivity index (χ2n) is 2.92. The molecular formula is C10H13N3O3. The lowest BCUT2D eigenvalue weighted by Gasteiger charge is -2.06. The molecule has 0 aliphatic rings. The maximum Gasteiger partial charge on any atom is 0.412 e. The van der Waals surface area contributed by atoms with Crippen LogP contribution in [0.1, 0.15) is 0 Å². The van der Waals surface area contributed by atoms with Crippen molar-refractivity contribution in [1.82, 2.24) is 10.6 Å². The molecule has 0 spiro atoms. The van der Waals surface area contributed by atoms with Crippen LogP contribution in [-0.2, 0) is 0 Å². The maximum atomic E-state index is 11.2. The Morgan fingerprint density at radius 2 is 1.75 bits per heavy atom. The molecule has 86 valence electrons. The van der Waals surface area contributed by atoms with Crippen molar-refractivity contribution in [1.29, 1.82) is 0 Å². The Balaban J connectivity index is 2.19. The van der Waals surface area contributed by atoms with Gasteiger partial charge in [0.05, 0.1) is 0 Å². The molecule has 0 heterocycles. The molecular weight excluding hydrogens is 210 g/mol. The Labute approximate surface area is 92.8 Å². The summed E-state index contributed by atoms with van der Waals surface area (Å²) >= 11 is 0. The van der Waals surface area contributed by atoms with Gasteiger partial charge in [-0.15, -0.1) is 0 Å². The lowest BCUT2D eigenvalue weighted by atomic mass is 10.3. The third-order valence-corrected chi connectivity index (χ3v) is 1.65. The van der Waals surface area contributed by atoms with Crippen LogP contribution in [0.4, 0.5) is 9.59 Å². The van der Waals surface area contributed by atoms with E-state index in [2.05, 4.69) is 10.6 Å². The molecule has 0 fully saturated rings. The van der Waals surface area contributed by atoms with Gasteiger partial charge in [-0.2, -0.15) is 0 Å². The van der Waals surface area contributed by atoms with Crippen LogP contribution in [0, 0.1) is 0 Å². The maximum absolute atomic E-state index is 11.2. The third kappa shape index (κ3) is 4.85. The second kappa shape index (κ2) is 6.28. The SMILES string of the molecule is NC(=O)NCCNC(=O)Oc1ccccc1. The number of nitrogens with two attached hydrogens (primary N) is 1. The zero-order valence-corrected chi connectivity index (χ0v) is 8.60. The van der Waals surface area contributed by atoms with Gasteiger partial charge in [0, 0.05) is 13.1 Å². The molecule has 1 aromatic rings. The zero-order chi connectivity index (χ0) is 11.8. The van der Waals surface area contributed by atoms with Gasteiger partial charge in [0.2, 0.25) is 0 Å². The lowest BCUT2D eigenvalue weighted by Crippen LogP contribution is -2.38. The first-order valence-corrected chi connectivity index (χ1v) is 4.72. The van der Waals surface area contributed by atoms with Crippen LogP contribution < -0.4 is 21.1 Å². The Kier molecular flexibility index (Phi) is 4.65. The van der Waals surface area contributed by atoms with Crippen molar-refractivity contribution in [3.8, 4) is 5.75 Å². The van der Waals surface area contributed by atoms with E-state index < -0.39 is 12.1 Å². The summed E-state index contributed by atoms with van der Waals surface area (Å²) in [5.41, 5.74) is 4.84. The highest BCUT2D eigenvalue weighted by atomic mass is 16.6. The Morgan fingerprint density at radius 1 is 1.12 bits per heavy atom. The fourth-order valence-corrected chi connectivity index (χ4v) is 0.982. The quantitative estimate of drug-likeness (QED) is 0.646. The van der Waals surface area contributed by atoms with Gasteiger partial charge < -0.3 is 21.1 Å². The molecule has 0 radical (unpaired) electrons. The van der Waals surface area contributed by atoms with Gasteiger partial charge in [-0.05, 0) is 12.1 Å². The largest absolute Gasteiger partial charge is 0.412 e. The van der Waals surface area contributed by atoms with Gasteiger partial charge in [-0.25, -0.2) is 9.59 Å². The molecule has 1 rings (SSSR count). The standard InChI is InChI=1S/C10H13N3O3/c11-9(14)12-6-7-13-10(15)16-8-4-2-1-3-5-8/h1-5H,6-7H2,(H,13,15)(H3,11,12,14). The second-order valence-corrected chi connectivity index (χ2v) is 2.92. The molecule has 0 saturated carbocycles. The highest BCUT2D eigenvalue weighted by Gasteiger charge is 2.02. The average molecular weight is 223 g/mol. The minimum Gasteiger partial charge on any atom is -0.410 e. The first-order valence-electron chi connectivity index (χ1n) is 4.72. The van der Waals surface area contributed by atoms with E-state index >= 15 is 0 Å². The van der Waals surface area contributed by atoms with Gasteiger partial charge in [0.25, 0.3) is 0 Å². The van der Waals surface area contributed by atoms with E-state index in [4.69, 9.17) is 10.5 Å². The highest BCUT2D eigenvalue weighted by molar-refractivity contribution is 5.72. The van der Waals surface area contributed by atoms with E-state index in [0.29, 0.717) is 5.75 Å². The van der Waals surface area contributed by atoms with E-state index in [1.54, 1.807) is 24.3 Å². The number of primary amides is 1. The molecule has 0 aromatic heterocycles. The molecule has 0 saturated heterocycles. The monoisotopic (exact) mass is 223 g/mol. The summed E-state index contributed by atoms with van der Waals surface area (Å²) in [7, 11) is 0. The molecule has 0 aliphatic carbocycles. The van der Waals surface area contributed by atoms with Crippen LogP contribution >= 0.6 is 0 Å². The summed E-state index contributed by atoms with van der Waals surface area (Å²) in [6.45, 7) is 0.522. The van der Waals surface area contributed by atoms with Crippen molar-refractivity contribution in [3.05, 3.63) is 30.3 Å². The fraction of sp³-hybridized carbons (Fsp3) is 0.200. The summed E-state index contributed by atoms with van der Waals surface area (Å²) < 4.78 is 4.93. The number of carbonyl (C=O) groups excluding carboxylic acids is 2. The molecule has 6 heteroatoms. The van der Waals surface area contributed by atoms with Gasteiger partial charge >= 0.3 is 12.1 Å². The number of hydrogen-bond donors (Lipinski definition) is 3. The highest BCUT2D eigenvalue weighted by Crippen LogP contribution is 2.07.